The Labute approximate surface area is 103 Å². The van der Waals surface area contributed by atoms with Crippen molar-refractivity contribution in [3.8, 4) is 0 Å². The van der Waals surface area contributed by atoms with Crippen LogP contribution < -0.4 is 10.0 Å². The van der Waals surface area contributed by atoms with Gasteiger partial charge in [-0.15, -0.1) is 0 Å². The number of hydrogen-bond donors (Lipinski definition) is 2. The lowest BCUT2D eigenvalue weighted by molar-refractivity contribution is 0.587. The average molecular weight is 256 g/mol. The average Bonchev–Trinajstić information content (AvgIpc) is 2.31. The van der Waals surface area contributed by atoms with Gasteiger partial charge in [-0.05, 0) is 44.1 Å². The normalized spacial score (nSPS) is 11.7. The number of hydrogen-bond acceptors (Lipinski definition) is 3. The number of benzene rings is 1. The monoisotopic (exact) mass is 256 g/mol. The van der Waals surface area contributed by atoms with E-state index in [9.17, 15) is 8.42 Å². The third kappa shape index (κ3) is 3.52. The third-order valence-electron chi connectivity index (χ3n) is 2.70. The summed E-state index contributed by atoms with van der Waals surface area (Å²) in [6.45, 7) is 5.57. The standard InChI is InChI=1S/C12H20N2O2S/c1-4-8-14-9-11-6-5-7-12(10(11)2)17(15,16)13-3/h5-7,13-14H,4,8-9H2,1-3H3. The summed E-state index contributed by atoms with van der Waals surface area (Å²) in [6.07, 6.45) is 1.06. The maximum atomic E-state index is 11.8. The van der Waals surface area contributed by atoms with E-state index in [-0.39, 0.29) is 0 Å². The van der Waals surface area contributed by atoms with Crippen molar-refractivity contribution in [2.75, 3.05) is 13.6 Å². The fourth-order valence-electron chi connectivity index (χ4n) is 1.65. The molecule has 0 aliphatic rings. The zero-order chi connectivity index (χ0) is 12.9. The van der Waals surface area contributed by atoms with Gasteiger partial charge in [-0.3, -0.25) is 0 Å². The second-order valence-electron chi connectivity index (χ2n) is 3.92. The quantitative estimate of drug-likeness (QED) is 0.756. The summed E-state index contributed by atoms with van der Waals surface area (Å²) < 4.78 is 25.9. The summed E-state index contributed by atoms with van der Waals surface area (Å²) in [5.41, 5.74) is 1.83. The van der Waals surface area contributed by atoms with Crippen LogP contribution in [-0.2, 0) is 16.6 Å². The van der Waals surface area contributed by atoms with Crippen molar-refractivity contribution in [2.24, 2.45) is 0 Å². The number of rotatable bonds is 6. The van der Waals surface area contributed by atoms with Crippen molar-refractivity contribution in [3.05, 3.63) is 29.3 Å². The van der Waals surface area contributed by atoms with Crippen LogP contribution in [0.4, 0.5) is 0 Å². The zero-order valence-corrected chi connectivity index (χ0v) is 11.4. The van der Waals surface area contributed by atoms with Gasteiger partial charge in [0.25, 0.3) is 0 Å². The summed E-state index contributed by atoms with van der Waals surface area (Å²) in [7, 11) is -1.93. The third-order valence-corrected chi connectivity index (χ3v) is 4.26. The molecule has 96 valence electrons. The highest BCUT2D eigenvalue weighted by Crippen LogP contribution is 2.18. The van der Waals surface area contributed by atoms with E-state index in [4.69, 9.17) is 0 Å². The van der Waals surface area contributed by atoms with E-state index in [1.807, 2.05) is 13.0 Å². The molecular formula is C12H20N2O2S. The van der Waals surface area contributed by atoms with E-state index < -0.39 is 10.0 Å². The van der Waals surface area contributed by atoms with Crippen LogP contribution in [0.1, 0.15) is 24.5 Å². The van der Waals surface area contributed by atoms with Gasteiger partial charge in [0.15, 0.2) is 0 Å². The van der Waals surface area contributed by atoms with Crippen LogP contribution in [0.5, 0.6) is 0 Å². The van der Waals surface area contributed by atoms with Gasteiger partial charge in [0.1, 0.15) is 0 Å². The summed E-state index contributed by atoms with van der Waals surface area (Å²) in [5.74, 6) is 0. The molecule has 1 aromatic carbocycles. The lowest BCUT2D eigenvalue weighted by atomic mass is 10.1. The topological polar surface area (TPSA) is 58.2 Å². The van der Waals surface area contributed by atoms with Gasteiger partial charge < -0.3 is 5.32 Å². The molecular weight excluding hydrogens is 236 g/mol. The van der Waals surface area contributed by atoms with E-state index in [0.717, 1.165) is 24.1 Å². The van der Waals surface area contributed by atoms with Crippen LogP contribution in [0, 0.1) is 6.92 Å². The Morgan fingerprint density at radius 1 is 1.29 bits per heavy atom. The fraction of sp³-hybridized carbons (Fsp3) is 0.500. The van der Waals surface area contributed by atoms with E-state index >= 15 is 0 Å². The molecule has 0 aliphatic carbocycles. The van der Waals surface area contributed by atoms with E-state index in [2.05, 4.69) is 17.0 Å². The molecule has 5 heteroatoms. The lowest BCUT2D eigenvalue weighted by Gasteiger charge is -2.11. The molecule has 0 spiro atoms. The van der Waals surface area contributed by atoms with Crippen molar-refractivity contribution in [3.63, 3.8) is 0 Å². The van der Waals surface area contributed by atoms with Crippen molar-refractivity contribution < 1.29 is 8.42 Å². The Morgan fingerprint density at radius 2 is 2.00 bits per heavy atom. The molecule has 1 rings (SSSR count). The molecule has 0 bridgehead atoms. The molecule has 0 amide bonds. The second-order valence-corrected chi connectivity index (χ2v) is 5.78. The molecule has 1 aromatic rings. The Hall–Kier alpha value is -0.910. The van der Waals surface area contributed by atoms with Gasteiger partial charge in [0.2, 0.25) is 10.0 Å². The highest BCUT2D eigenvalue weighted by Gasteiger charge is 2.15. The highest BCUT2D eigenvalue weighted by atomic mass is 32.2. The molecule has 0 saturated heterocycles. The molecule has 0 heterocycles. The first-order chi connectivity index (χ1) is 8.03. The van der Waals surface area contributed by atoms with Gasteiger partial charge in [-0.1, -0.05) is 19.1 Å². The molecule has 0 unspecified atom stereocenters. The smallest absolute Gasteiger partial charge is 0.240 e. The van der Waals surface area contributed by atoms with Crippen molar-refractivity contribution in [2.45, 2.75) is 31.7 Å². The highest BCUT2D eigenvalue weighted by molar-refractivity contribution is 7.89. The van der Waals surface area contributed by atoms with Gasteiger partial charge in [0, 0.05) is 6.54 Å². The Bertz CT molecular complexity index is 469. The molecule has 0 aromatic heterocycles. The lowest BCUT2D eigenvalue weighted by Crippen LogP contribution is -2.21. The Morgan fingerprint density at radius 3 is 2.59 bits per heavy atom. The Kier molecular flexibility index (Phi) is 5.11. The summed E-state index contributed by atoms with van der Waals surface area (Å²) in [5, 5.41) is 3.27. The molecule has 0 saturated carbocycles. The molecule has 0 fully saturated rings. The van der Waals surface area contributed by atoms with Crippen LogP contribution in [0.3, 0.4) is 0 Å². The molecule has 17 heavy (non-hydrogen) atoms. The van der Waals surface area contributed by atoms with Crippen LogP contribution >= 0.6 is 0 Å². The summed E-state index contributed by atoms with van der Waals surface area (Å²) in [6, 6.07) is 5.36. The maximum absolute atomic E-state index is 11.8. The summed E-state index contributed by atoms with van der Waals surface area (Å²) in [4.78, 5) is 0.357. The number of sulfonamides is 1. The predicted octanol–water partition coefficient (Wildman–Crippen LogP) is 1.40. The Balaban J connectivity index is 3.00. The van der Waals surface area contributed by atoms with Crippen molar-refractivity contribution in [1.29, 1.82) is 0 Å². The largest absolute Gasteiger partial charge is 0.313 e. The minimum Gasteiger partial charge on any atom is -0.313 e. The van der Waals surface area contributed by atoms with E-state index in [1.54, 1.807) is 12.1 Å². The molecule has 0 atom stereocenters. The molecule has 0 radical (unpaired) electrons. The molecule has 0 aliphatic heterocycles. The SMILES string of the molecule is CCCNCc1cccc(S(=O)(=O)NC)c1C. The first kappa shape index (κ1) is 14.2. The minimum atomic E-state index is -3.36. The molecule has 2 N–H and O–H groups in total. The maximum Gasteiger partial charge on any atom is 0.240 e. The first-order valence-electron chi connectivity index (χ1n) is 5.75. The molecule has 4 nitrogen and oxygen atoms in total. The summed E-state index contributed by atoms with van der Waals surface area (Å²) >= 11 is 0. The van der Waals surface area contributed by atoms with Crippen LogP contribution in [-0.4, -0.2) is 22.0 Å². The van der Waals surface area contributed by atoms with Crippen molar-refractivity contribution >= 4 is 10.0 Å². The second kappa shape index (κ2) is 6.14. The zero-order valence-electron chi connectivity index (χ0n) is 10.6. The first-order valence-corrected chi connectivity index (χ1v) is 7.24. The fourth-order valence-corrected chi connectivity index (χ4v) is 2.66. The minimum absolute atomic E-state index is 0.357. The predicted molar refractivity (Wildman–Crippen MR) is 69.4 cm³/mol. The van der Waals surface area contributed by atoms with Crippen LogP contribution in [0.15, 0.2) is 23.1 Å². The van der Waals surface area contributed by atoms with Gasteiger partial charge in [0.05, 0.1) is 4.90 Å². The van der Waals surface area contributed by atoms with E-state index in [0.29, 0.717) is 11.4 Å². The van der Waals surface area contributed by atoms with Gasteiger partial charge >= 0.3 is 0 Å². The van der Waals surface area contributed by atoms with Crippen molar-refractivity contribution in [1.82, 2.24) is 10.0 Å². The van der Waals surface area contributed by atoms with Gasteiger partial charge in [-0.25, -0.2) is 13.1 Å². The van der Waals surface area contributed by atoms with Gasteiger partial charge in [-0.2, -0.15) is 0 Å². The van der Waals surface area contributed by atoms with Crippen LogP contribution in [0.2, 0.25) is 0 Å². The van der Waals surface area contributed by atoms with E-state index in [1.165, 1.54) is 7.05 Å². The number of nitrogens with one attached hydrogen (secondary N) is 2. The van der Waals surface area contributed by atoms with Crippen LogP contribution in [0.25, 0.3) is 0 Å².